The Bertz CT molecular complexity index is 611. The molecule has 118 valence electrons. The van der Waals surface area contributed by atoms with E-state index >= 15 is 0 Å². The minimum absolute atomic E-state index is 0.00400. The summed E-state index contributed by atoms with van der Waals surface area (Å²) < 4.78 is 32.6. The molecule has 5 nitrogen and oxygen atoms in total. The van der Waals surface area contributed by atoms with Gasteiger partial charge in [-0.3, -0.25) is 0 Å². The number of piperidine rings is 1. The van der Waals surface area contributed by atoms with Crippen LogP contribution in [0.3, 0.4) is 0 Å². The van der Waals surface area contributed by atoms with Crippen molar-refractivity contribution >= 4 is 10.0 Å². The lowest BCUT2D eigenvalue weighted by molar-refractivity contribution is 0.186. The number of nitrogens with two attached hydrogens (primary N) is 1. The molecule has 0 amide bonds. The zero-order chi connectivity index (χ0) is 15.7. The molecule has 2 N–H and O–H groups in total. The zero-order valence-electron chi connectivity index (χ0n) is 12.9. The van der Waals surface area contributed by atoms with Crippen LogP contribution >= 0.6 is 0 Å². The summed E-state index contributed by atoms with van der Waals surface area (Å²) in [7, 11) is -2.07. The minimum Gasteiger partial charge on any atom is -0.495 e. The van der Waals surface area contributed by atoms with Crippen LogP contribution < -0.4 is 10.5 Å². The van der Waals surface area contributed by atoms with Gasteiger partial charge in [-0.25, -0.2) is 8.42 Å². The molecule has 0 atom stereocenters. The van der Waals surface area contributed by atoms with Crippen LogP contribution in [0, 0.1) is 5.41 Å². The van der Waals surface area contributed by atoms with Crippen LogP contribution in [0.25, 0.3) is 0 Å². The van der Waals surface area contributed by atoms with E-state index in [-0.39, 0.29) is 10.3 Å². The summed E-state index contributed by atoms with van der Waals surface area (Å²) in [5.41, 5.74) is 6.41. The van der Waals surface area contributed by atoms with Crippen LogP contribution in [0.2, 0.25) is 0 Å². The molecular formula is C15H24N2O3S. The molecule has 0 spiro atoms. The van der Waals surface area contributed by atoms with Gasteiger partial charge in [-0.1, -0.05) is 19.9 Å². The minimum atomic E-state index is -3.56. The monoisotopic (exact) mass is 312 g/mol. The van der Waals surface area contributed by atoms with Gasteiger partial charge in [0, 0.05) is 19.6 Å². The second-order valence-electron chi connectivity index (χ2n) is 6.30. The highest BCUT2D eigenvalue weighted by atomic mass is 32.2. The maximum absolute atomic E-state index is 12.9. The first-order valence-corrected chi connectivity index (χ1v) is 8.61. The summed E-state index contributed by atoms with van der Waals surface area (Å²) >= 11 is 0. The number of rotatable bonds is 4. The molecule has 1 saturated heterocycles. The molecular weight excluding hydrogens is 288 g/mol. The zero-order valence-corrected chi connectivity index (χ0v) is 13.7. The Morgan fingerprint density at radius 3 is 2.67 bits per heavy atom. The van der Waals surface area contributed by atoms with Gasteiger partial charge in [-0.05, 0) is 36.0 Å². The Balaban J connectivity index is 2.43. The largest absolute Gasteiger partial charge is 0.495 e. The summed E-state index contributed by atoms with van der Waals surface area (Å²) in [6.07, 6.45) is 1.92. The van der Waals surface area contributed by atoms with Crippen molar-refractivity contribution in [2.24, 2.45) is 11.1 Å². The van der Waals surface area contributed by atoms with E-state index in [0.717, 1.165) is 18.4 Å². The van der Waals surface area contributed by atoms with Crippen molar-refractivity contribution in [2.75, 3.05) is 20.2 Å². The van der Waals surface area contributed by atoms with Gasteiger partial charge >= 0.3 is 0 Å². The normalized spacial score (nSPS) is 19.4. The lowest BCUT2D eigenvalue weighted by Crippen LogP contribution is -2.43. The molecule has 6 heteroatoms. The van der Waals surface area contributed by atoms with E-state index in [0.29, 0.717) is 25.4 Å². The van der Waals surface area contributed by atoms with Crippen molar-refractivity contribution < 1.29 is 13.2 Å². The van der Waals surface area contributed by atoms with Gasteiger partial charge in [0.25, 0.3) is 0 Å². The first kappa shape index (κ1) is 16.3. The summed E-state index contributed by atoms with van der Waals surface area (Å²) in [5.74, 6) is 0.371. The molecule has 0 aliphatic carbocycles. The predicted molar refractivity (Wildman–Crippen MR) is 82.7 cm³/mol. The SMILES string of the molecule is COc1ccc(CN)cc1S(=O)(=O)N1CCCC(C)(C)C1. The van der Waals surface area contributed by atoms with Gasteiger partial charge in [0.2, 0.25) is 10.0 Å². The van der Waals surface area contributed by atoms with Crippen LogP contribution in [0.1, 0.15) is 32.3 Å². The number of ether oxygens (including phenoxy) is 1. The Morgan fingerprint density at radius 1 is 1.38 bits per heavy atom. The Kier molecular flexibility index (Phi) is 4.60. The Labute approximate surface area is 127 Å². The highest BCUT2D eigenvalue weighted by Gasteiger charge is 2.35. The van der Waals surface area contributed by atoms with Gasteiger partial charge in [0.1, 0.15) is 10.6 Å². The second kappa shape index (κ2) is 5.94. The summed E-state index contributed by atoms with van der Waals surface area (Å²) in [6, 6.07) is 5.08. The molecule has 0 bridgehead atoms. The molecule has 0 unspecified atom stereocenters. The number of benzene rings is 1. The second-order valence-corrected chi connectivity index (χ2v) is 8.20. The molecule has 1 heterocycles. The van der Waals surface area contributed by atoms with E-state index < -0.39 is 10.0 Å². The average Bonchev–Trinajstić information content (AvgIpc) is 2.45. The topological polar surface area (TPSA) is 72.6 Å². The van der Waals surface area contributed by atoms with Crippen molar-refractivity contribution in [3.05, 3.63) is 23.8 Å². The van der Waals surface area contributed by atoms with Gasteiger partial charge < -0.3 is 10.5 Å². The van der Waals surface area contributed by atoms with E-state index in [1.165, 1.54) is 7.11 Å². The summed E-state index contributed by atoms with van der Waals surface area (Å²) in [5, 5.41) is 0. The van der Waals surface area contributed by atoms with E-state index in [1.807, 2.05) is 0 Å². The van der Waals surface area contributed by atoms with E-state index in [1.54, 1.807) is 22.5 Å². The first-order valence-electron chi connectivity index (χ1n) is 7.17. The maximum Gasteiger partial charge on any atom is 0.246 e. The van der Waals surface area contributed by atoms with Crippen molar-refractivity contribution in [3.63, 3.8) is 0 Å². The van der Waals surface area contributed by atoms with Gasteiger partial charge in [0.05, 0.1) is 7.11 Å². The predicted octanol–water partition coefficient (Wildman–Crippen LogP) is 1.96. The summed E-state index contributed by atoms with van der Waals surface area (Å²) in [6.45, 7) is 5.59. The molecule has 0 radical (unpaired) electrons. The quantitative estimate of drug-likeness (QED) is 0.922. The van der Waals surface area contributed by atoms with Crippen molar-refractivity contribution in [2.45, 2.75) is 38.1 Å². The molecule has 1 aromatic carbocycles. The van der Waals surface area contributed by atoms with Crippen molar-refractivity contribution in [1.82, 2.24) is 4.31 Å². The van der Waals surface area contributed by atoms with E-state index in [4.69, 9.17) is 10.5 Å². The van der Waals surface area contributed by atoms with Gasteiger partial charge in [-0.15, -0.1) is 0 Å². The lowest BCUT2D eigenvalue weighted by atomic mass is 9.85. The summed E-state index contributed by atoms with van der Waals surface area (Å²) in [4.78, 5) is 0.214. The molecule has 1 fully saturated rings. The fraction of sp³-hybridized carbons (Fsp3) is 0.600. The standard InChI is InChI=1S/C15H24N2O3S/c1-15(2)7-4-8-17(11-15)21(18,19)14-9-12(10-16)5-6-13(14)20-3/h5-6,9H,4,7-8,10-11,16H2,1-3H3. The van der Waals surface area contributed by atoms with Gasteiger partial charge in [-0.2, -0.15) is 4.31 Å². The number of methoxy groups -OCH3 is 1. The number of hydrogen-bond acceptors (Lipinski definition) is 4. The van der Waals surface area contributed by atoms with E-state index in [9.17, 15) is 8.42 Å². The van der Waals surface area contributed by atoms with Crippen LogP contribution in [0.5, 0.6) is 5.75 Å². The fourth-order valence-electron chi connectivity index (χ4n) is 2.76. The third kappa shape index (κ3) is 3.39. The highest BCUT2D eigenvalue weighted by molar-refractivity contribution is 7.89. The third-order valence-corrected chi connectivity index (χ3v) is 5.81. The molecule has 0 saturated carbocycles. The molecule has 1 aromatic rings. The van der Waals surface area contributed by atoms with Gasteiger partial charge in [0.15, 0.2) is 0 Å². The molecule has 21 heavy (non-hydrogen) atoms. The fourth-order valence-corrected chi connectivity index (χ4v) is 4.64. The Hall–Kier alpha value is -1.11. The van der Waals surface area contributed by atoms with Crippen molar-refractivity contribution in [3.8, 4) is 5.75 Å². The number of nitrogens with zero attached hydrogens (tertiary/aromatic N) is 1. The van der Waals surface area contributed by atoms with Crippen LogP contribution in [-0.4, -0.2) is 32.9 Å². The van der Waals surface area contributed by atoms with Crippen LogP contribution in [-0.2, 0) is 16.6 Å². The smallest absolute Gasteiger partial charge is 0.246 e. The van der Waals surface area contributed by atoms with Crippen LogP contribution in [0.4, 0.5) is 0 Å². The van der Waals surface area contributed by atoms with Crippen molar-refractivity contribution in [1.29, 1.82) is 0 Å². The number of sulfonamides is 1. The lowest BCUT2D eigenvalue weighted by Gasteiger charge is -2.37. The first-order chi connectivity index (χ1) is 9.80. The molecule has 1 aliphatic heterocycles. The maximum atomic E-state index is 12.9. The highest BCUT2D eigenvalue weighted by Crippen LogP contribution is 2.34. The molecule has 1 aliphatic rings. The Morgan fingerprint density at radius 2 is 2.10 bits per heavy atom. The third-order valence-electron chi connectivity index (χ3n) is 3.95. The molecule has 2 rings (SSSR count). The van der Waals surface area contributed by atoms with E-state index in [2.05, 4.69) is 13.8 Å². The van der Waals surface area contributed by atoms with Crippen LogP contribution in [0.15, 0.2) is 23.1 Å². The number of hydrogen-bond donors (Lipinski definition) is 1. The molecule has 0 aromatic heterocycles. The average molecular weight is 312 g/mol.